The average molecular weight is 964 g/mol. The number of carbonyl (C=O) groups excluding carboxylic acids is 1. The molecule has 1 spiro atoms. The molecule has 0 radical (unpaired) electrons. The molecule has 328 valence electrons. The van der Waals surface area contributed by atoms with E-state index in [2.05, 4.69) is 35.6 Å². The minimum Gasteiger partial charge on any atom is -0.790 e. The van der Waals surface area contributed by atoms with Crippen LogP contribution in [0.15, 0.2) is 70.4 Å². The number of nitrogens with one attached hydrogen (secondary N) is 3. The van der Waals surface area contributed by atoms with E-state index in [4.69, 9.17) is 26.4 Å². The van der Waals surface area contributed by atoms with E-state index in [1.54, 1.807) is 30.3 Å². The van der Waals surface area contributed by atoms with Gasteiger partial charge in [-0.3, -0.25) is 33.1 Å². The minimum atomic E-state index is -6.29. The van der Waals surface area contributed by atoms with Crippen LogP contribution in [0.4, 0.5) is 5.69 Å². The Hall–Kier alpha value is -2.70. The van der Waals surface area contributed by atoms with Gasteiger partial charge in [0.05, 0.1) is 31.5 Å². The van der Waals surface area contributed by atoms with E-state index in [1.807, 2.05) is 4.98 Å². The Kier molecular flexibility index (Phi) is 19.5. The summed E-state index contributed by atoms with van der Waals surface area (Å²) in [6.45, 7) is -1.31. The number of phosphoric acid groups is 3. The number of rotatable bonds is 12. The molecule has 4 heterocycles. The number of aromatic amines is 1. The summed E-state index contributed by atoms with van der Waals surface area (Å²) >= 11 is 5.44. The quantitative estimate of drug-likeness (QED) is 0.0173. The van der Waals surface area contributed by atoms with Crippen LogP contribution in [0.25, 0.3) is 0 Å². The van der Waals surface area contributed by atoms with Crippen LogP contribution in [-0.4, -0.2) is 78.9 Å². The van der Waals surface area contributed by atoms with Crippen molar-refractivity contribution < 1.29 is 161 Å². The van der Waals surface area contributed by atoms with Gasteiger partial charge in [-0.2, -0.15) is 0 Å². The maximum absolute atomic E-state index is 13.4. The number of phosphoric ester groups is 1. The van der Waals surface area contributed by atoms with E-state index in [1.165, 1.54) is 24.3 Å². The number of anilines is 1. The van der Waals surface area contributed by atoms with Crippen LogP contribution >= 0.6 is 35.7 Å². The van der Waals surface area contributed by atoms with E-state index in [0.717, 1.165) is 6.20 Å². The van der Waals surface area contributed by atoms with Crippen molar-refractivity contribution in [3.05, 3.63) is 109 Å². The fraction of sp³-hybridized carbons (Fsp3) is 0.235. The Morgan fingerprint density at radius 2 is 1.47 bits per heavy atom. The minimum absolute atomic E-state index is 0. The fourth-order valence-corrected chi connectivity index (χ4v) is 9.76. The van der Waals surface area contributed by atoms with Gasteiger partial charge in [0.2, 0.25) is 0 Å². The number of esters is 1. The molecule has 0 saturated carbocycles. The number of H-pyrrole nitrogens is 1. The van der Waals surface area contributed by atoms with Gasteiger partial charge in [-0.15, -0.1) is 0 Å². The number of phenols is 2. The monoisotopic (exact) mass is 964 g/mol. The SMILES string of the molecule is O=C1OC2(c3ccc(O)cc3Oc3cc(O)ccc32)c2ccc(NC(=S)CNCC#Cc3cn([C@@H]4O[C@H](COP(=O)([O-])OP(=O)([O-])OP(=O)([O-])[O-])[C@@H](O)[C@H]4O)c(=O)[nH]c3=O)cc21.[Li+].[Li+].[Li+].[Li+]. The normalized spacial score (nSPS) is 20.2. The molecule has 3 aromatic carbocycles. The van der Waals surface area contributed by atoms with Crippen molar-refractivity contribution in [1.82, 2.24) is 14.9 Å². The van der Waals surface area contributed by atoms with Gasteiger partial charge in [-0.05, 0) is 36.4 Å². The predicted octanol–water partition coefficient (Wildman–Crippen LogP) is -13.7. The van der Waals surface area contributed by atoms with Crippen LogP contribution in [0, 0.1) is 11.8 Å². The van der Waals surface area contributed by atoms with Crippen LogP contribution in [-0.2, 0) is 41.9 Å². The number of ether oxygens (including phenoxy) is 3. The van der Waals surface area contributed by atoms with Gasteiger partial charge in [0.1, 0.15) is 46.9 Å². The molecule has 3 aliphatic heterocycles. The number of hydrogen-bond donors (Lipinski definition) is 7. The second-order valence-electron chi connectivity index (χ2n) is 13.3. The summed E-state index contributed by atoms with van der Waals surface area (Å²) in [6, 6.07) is 13.6. The van der Waals surface area contributed by atoms with Gasteiger partial charge in [-0.25, -0.2) is 13.9 Å². The smallest absolute Gasteiger partial charge is 0.790 e. The number of aliphatic hydroxyl groups is 2. The number of aromatic hydroxyl groups is 2. The summed E-state index contributed by atoms with van der Waals surface area (Å²) in [6.07, 6.45) is -6.70. The number of carbonyl (C=O) groups is 1. The third-order valence-electron chi connectivity index (χ3n) is 9.16. The maximum Gasteiger partial charge on any atom is 1.00 e. The maximum atomic E-state index is 13.4. The van der Waals surface area contributed by atoms with Gasteiger partial charge in [0, 0.05) is 47.3 Å². The second kappa shape index (κ2) is 22.4. The molecular weight excluding hydrogens is 937 g/mol. The number of aromatic nitrogens is 2. The molecule has 66 heavy (non-hydrogen) atoms. The molecular formula is C34H27Li4N4O20P3S. The van der Waals surface area contributed by atoms with Crippen molar-refractivity contribution in [2.45, 2.75) is 30.1 Å². The summed E-state index contributed by atoms with van der Waals surface area (Å²) in [4.78, 5) is 85.0. The first-order chi connectivity index (χ1) is 29.1. The zero-order valence-electron chi connectivity index (χ0n) is 34.7. The average Bonchev–Trinajstić information content (AvgIpc) is 3.60. The molecule has 7 N–H and O–H groups in total. The standard InChI is InChI=1S/C34H31N4O20P3S.4Li/c39-18-4-7-22-24(11-18)54-25-12-19(40)5-8-23(25)34(22)21-6-3-17(10-20(21)32(44)56-34)36-27(62)13-35-9-1-2-16-14-38(33(45)37-30(16)43)31-29(42)28(41)26(55-31)15-53-60(49,50)58-61(51,52)57-59(46,47)48;;;;/h3-8,10-12,14,26,28-29,31,35,39-42H,9,13,15H2,(H,36,62)(H,49,50)(H,51,52)(H,37,43,45)(H2,46,47,48);;;;/q;4*+1/p-4/t26-,28-,29-,31-;;;;/m1..../s1. The number of thiocarbonyl (C=S) groups is 1. The van der Waals surface area contributed by atoms with Crippen LogP contribution < -0.4 is 122 Å². The zero-order chi connectivity index (χ0) is 44.9. The molecule has 32 heteroatoms. The van der Waals surface area contributed by atoms with Crippen molar-refractivity contribution in [3.8, 4) is 34.8 Å². The van der Waals surface area contributed by atoms with E-state index < -0.39 is 77.4 Å². The molecule has 6 atom stereocenters. The molecule has 0 amide bonds. The Bertz CT molecular complexity index is 2810. The van der Waals surface area contributed by atoms with Crippen molar-refractivity contribution in [2.24, 2.45) is 0 Å². The van der Waals surface area contributed by atoms with Crippen molar-refractivity contribution in [2.75, 3.05) is 25.0 Å². The second-order valence-corrected chi connectivity index (χ2v) is 18.0. The third kappa shape index (κ3) is 12.5. The summed E-state index contributed by atoms with van der Waals surface area (Å²) in [5.74, 6) is 4.74. The summed E-state index contributed by atoms with van der Waals surface area (Å²) in [5.41, 5.74) is -1.91. The van der Waals surface area contributed by atoms with Crippen LogP contribution in [0.5, 0.6) is 23.0 Å². The van der Waals surface area contributed by atoms with Crippen LogP contribution in [0.2, 0.25) is 0 Å². The van der Waals surface area contributed by atoms with Gasteiger partial charge in [0.25, 0.3) is 21.2 Å². The summed E-state index contributed by atoms with van der Waals surface area (Å²) < 4.78 is 62.5. The van der Waals surface area contributed by atoms with Gasteiger partial charge in [0.15, 0.2) is 11.8 Å². The largest absolute Gasteiger partial charge is 1.00 e. The summed E-state index contributed by atoms with van der Waals surface area (Å²) in [7, 11) is -18.5. The first-order valence-corrected chi connectivity index (χ1v) is 22.2. The number of fused-ring (bicyclic) bond motifs is 6. The molecule has 0 aliphatic carbocycles. The zero-order valence-corrected chi connectivity index (χ0v) is 38.2. The van der Waals surface area contributed by atoms with Gasteiger partial charge >= 0.3 is 87.1 Å². The Labute approximate surface area is 424 Å². The topological polar surface area (TPSA) is 376 Å². The number of aliphatic hydroxyl groups excluding tert-OH is 2. The number of hydrogen-bond acceptors (Lipinski definition) is 22. The number of benzene rings is 3. The molecule has 1 fully saturated rings. The molecule has 0 bridgehead atoms. The van der Waals surface area contributed by atoms with Crippen molar-refractivity contribution in [3.63, 3.8) is 0 Å². The Morgan fingerprint density at radius 1 is 0.864 bits per heavy atom. The number of nitrogens with zero attached hydrogens (tertiary/aromatic N) is 1. The van der Waals surface area contributed by atoms with Crippen LogP contribution in [0.1, 0.15) is 38.8 Å². The number of phenolic OH excluding ortho intramolecular Hbond substituents is 2. The van der Waals surface area contributed by atoms with E-state index in [9.17, 15) is 68.1 Å². The molecule has 4 aromatic rings. The van der Waals surface area contributed by atoms with E-state index >= 15 is 0 Å². The van der Waals surface area contributed by atoms with E-state index in [0.29, 0.717) is 26.9 Å². The predicted molar refractivity (Wildman–Crippen MR) is 202 cm³/mol. The molecule has 1 aromatic heterocycles. The van der Waals surface area contributed by atoms with Crippen molar-refractivity contribution >= 4 is 52.3 Å². The molecule has 3 aliphatic rings. The fourth-order valence-electron chi connectivity index (χ4n) is 6.67. The Morgan fingerprint density at radius 3 is 2.08 bits per heavy atom. The van der Waals surface area contributed by atoms with Crippen molar-refractivity contribution in [1.29, 1.82) is 0 Å². The van der Waals surface area contributed by atoms with Gasteiger partial charge < -0.3 is 68.6 Å². The molecule has 2 unspecified atom stereocenters. The first kappa shape index (κ1) is 57.6. The molecule has 24 nitrogen and oxygen atoms in total. The Balaban J connectivity index is 0.00000289. The molecule has 7 rings (SSSR count). The first-order valence-electron chi connectivity index (χ1n) is 17.4. The third-order valence-corrected chi connectivity index (χ3v) is 13.1. The molecule has 1 saturated heterocycles. The van der Waals surface area contributed by atoms with Crippen LogP contribution in [0.3, 0.4) is 0 Å². The van der Waals surface area contributed by atoms with Gasteiger partial charge in [-0.1, -0.05) is 30.1 Å². The summed E-state index contributed by atoms with van der Waals surface area (Å²) in [5, 5.41) is 47.1. The van der Waals surface area contributed by atoms with E-state index in [-0.39, 0.29) is 128 Å².